The first-order valence-electron chi connectivity index (χ1n) is 11.7. The molecule has 2 aromatic heterocycles. The van der Waals surface area contributed by atoms with Gasteiger partial charge in [-0.2, -0.15) is 0 Å². The van der Waals surface area contributed by atoms with Crippen LogP contribution in [-0.2, 0) is 11.3 Å². The fourth-order valence-electron chi connectivity index (χ4n) is 4.63. The summed E-state index contributed by atoms with van der Waals surface area (Å²) in [6, 6.07) is 14.2. The van der Waals surface area contributed by atoms with Crippen molar-refractivity contribution in [3.63, 3.8) is 0 Å². The predicted octanol–water partition coefficient (Wildman–Crippen LogP) is 4.98. The van der Waals surface area contributed by atoms with Gasteiger partial charge in [0.05, 0.1) is 18.4 Å². The maximum atomic E-state index is 13.3. The Morgan fingerprint density at radius 3 is 2.39 bits per heavy atom. The lowest BCUT2D eigenvalue weighted by molar-refractivity contribution is -0.126. The molecule has 1 aromatic carbocycles. The van der Waals surface area contributed by atoms with Crippen molar-refractivity contribution >= 4 is 11.8 Å². The molecule has 1 N–H and O–H groups in total. The number of nitrogens with zero attached hydrogens (tertiary/aromatic N) is 2. The largest absolute Gasteiger partial charge is 0.467 e. The Balaban J connectivity index is 1.40. The Kier molecular flexibility index (Phi) is 6.72. The van der Waals surface area contributed by atoms with Gasteiger partial charge in [0, 0.05) is 36.1 Å². The Labute approximate surface area is 195 Å². The van der Waals surface area contributed by atoms with E-state index in [0.717, 1.165) is 28.4 Å². The minimum absolute atomic E-state index is 0.0292. The van der Waals surface area contributed by atoms with E-state index in [-0.39, 0.29) is 17.7 Å². The van der Waals surface area contributed by atoms with Gasteiger partial charge < -0.3 is 19.2 Å². The lowest BCUT2D eigenvalue weighted by atomic mass is 9.95. The highest BCUT2D eigenvalue weighted by molar-refractivity contribution is 5.96. The Bertz CT molecular complexity index is 1100. The van der Waals surface area contributed by atoms with Gasteiger partial charge in [-0.1, -0.05) is 26.0 Å². The molecule has 0 spiro atoms. The molecule has 1 saturated heterocycles. The molecule has 33 heavy (non-hydrogen) atoms. The molecule has 0 saturated carbocycles. The van der Waals surface area contributed by atoms with Gasteiger partial charge >= 0.3 is 0 Å². The predicted molar refractivity (Wildman–Crippen MR) is 129 cm³/mol. The van der Waals surface area contributed by atoms with Crippen LogP contribution in [0.1, 0.15) is 65.7 Å². The van der Waals surface area contributed by atoms with Gasteiger partial charge in [-0.3, -0.25) is 9.59 Å². The Morgan fingerprint density at radius 1 is 1.09 bits per heavy atom. The Hall–Kier alpha value is -3.28. The summed E-state index contributed by atoms with van der Waals surface area (Å²) in [5, 5.41) is 2.94. The maximum Gasteiger partial charge on any atom is 0.255 e. The average molecular weight is 448 g/mol. The first-order chi connectivity index (χ1) is 15.8. The molecule has 4 rings (SSSR count). The topological polar surface area (TPSA) is 67.5 Å². The SMILES string of the molecule is Cc1cc(C(=O)N2CCC(C(=O)NCc3ccco3)CC2)c(C)n1-c1ccc(C(C)C)cc1. The van der Waals surface area contributed by atoms with Crippen LogP contribution in [0.4, 0.5) is 0 Å². The summed E-state index contributed by atoms with van der Waals surface area (Å²) in [6.07, 6.45) is 2.94. The number of amides is 2. The van der Waals surface area contributed by atoms with Crippen molar-refractivity contribution in [2.24, 2.45) is 5.92 Å². The van der Waals surface area contributed by atoms with E-state index in [1.165, 1.54) is 5.56 Å². The van der Waals surface area contributed by atoms with Gasteiger partial charge in [0.1, 0.15) is 5.76 Å². The number of benzene rings is 1. The van der Waals surface area contributed by atoms with Crippen LogP contribution in [0.25, 0.3) is 5.69 Å². The van der Waals surface area contributed by atoms with E-state index in [9.17, 15) is 9.59 Å². The molecule has 0 bridgehead atoms. The molecule has 6 nitrogen and oxygen atoms in total. The van der Waals surface area contributed by atoms with Crippen LogP contribution in [0.2, 0.25) is 0 Å². The van der Waals surface area contributed by atoms with Gasteiger partial charge in [0.2, 0.25) is 5.91 Å². The van der Waals surface area contributed by atoms with E-state index in [0.29, 0.717) is 38.4 Å². The molecule has 3 heterocycles. The highest BCUT2D eigenvalue weighted by Crippen LogP contribution is 2.26. The molecule has 2 amide bonds. The fraction of sp³-hybridized carbons (Fsp3) is 0.407. The zero-order valence-electron chi connectivity index (χ0n) is 19.9. The van der Waals surface area contributed by atoms with Crippen LogP contribution in [0.15, 0.2) is 53.1 Å². The highest BCUT2D eigenvalue weighted by Gasteiger charge is 2.29. The van der Waals surface area contributed by atoms with Gasteiger partial charge in [0.15, 0.2) is 0 Å². The second-order valence-electron chi connectivity index (χ2n) is 9.23. The fourth-order valence-corrected chi connectivity index (χ4v) is 4.63. The third-order valence-electron chi connectivity index (χ3n) is 6.65. The third-order valence-corrected chi connectivity index (χ3v) is 6.65. The van der Waals surface area contributed by atoms with Crippen molar-refractivity contribution in [1.82, 2.24) is 14.8 Å². The zero-order chi connectivity index (χ0) is 23.5. The number of carbonyl (C=O) groups excluding carboxylic acids is 2. The standard InChI is InChI=1S/C27H33N3O3/c1-18(2)21-7-9-23(10-8-21)30-19(3)16-25(20(30)4)27(32)29-13-11-22(12-14-29)26(31)28-17-24-6-5-15-33-24/h5-10,15-16,18,22H,11-14,17H2,1-4H3,(H,28,31). The molecule has 0 atom stereocenters. The van der Waals surface area contributed by atoms with E-state index >= 15 is 0 Å². The monoisotopic (exact) mass is 447 g/mol. The molecule has 0 unspecified atom stereocenters. The maximum absolute atomic E-state index is 13.3. The van der Waals surface area contributed by atoms with Gasteiger partial charge in [0.25, 0.3) is 5.91 Å². The van der Waals surface area contributed by atoms with E-state index in [2.05, 4.69) is 48.0 Å². The second-order valence-corrected chi connectivity index (χ2v) is 9.23. The van der Waals surface area contributed by atoms with Gasteiger partial charge in [-0.15, -0.1) is 0 Å². The lowest BCUT2D eigenvalue weighted by Gasteiger charge is -2.31. The summed E-state index contributed by atoms with van der Waals surface area (Å²) in [7, 11) is 0. The highest BCUT2D eigenvalue weighted by atomic mass is 16.3. The van der Waals surface area contributed by atoms with E-state index < -0.39 is 0 Å². The zero-order valence-corrected chi connectivity index (χ0v) is 19.9. The number of nitrogens with one attached hydrogen (secondary N) is 1. The van der Waals surface area contributed by atoms with Crippen LogP contribution in [-0.4, -0.2) is 34.4 Å². The van der Waals surface area contributed by atoms with Crippen LogP contribution in [0.5, 0.6) is 0 Å². The van der Waals surface area contributed by atoms with Crippen LogP contribution in [0.3, 0.4) is 0 Å². The van der Waals surface area contributed by atoms with Crippen molar-refractivity contribution in [2.75, 3.05) is 13.1 Å². The average Bonchev–Trinajstić information content (AvgIpc) is 3.44. The third kappa shape index (κ3) is 4.90. The molecule has 3 aromatic rings. The molecular weight excluding hydrogens is 414 g/mol. The molecule has 1 aliphatic rings. The number of hydrogen-bond donors (Lipinski definition) is 1. The molecular formula is C27H33N3O3. The molecule has 174 valence electrons. The first kappa shape index (κ1) is 22.9. The number of piperidine rings is 1. The number of aryl methyl sites for hydroxylation is 1. The minimum atomic E-state index is -0.0732. The molecule has 1 fully saturated rings. The van der Waals surface area contributed by atoms with Gasteiger partial charge in [-0.05, 0) is 68.5 Å². The number of rotatable bonds is 6. The van der Waals surface area contributed by atoms with Crippen LogP contribution < -0.4 is 5.32 Å². The van der Waals surface area contributed by atoms with Crippen molar-refractivity contribution in [3.8, 4) is 5.69 Å². The number of likely N-dealkylation sites (tertiary alicyclic amines) is 1. The minimum Gasteiger partial charge on any atom is -0.467 e. The number of hydrogen-bond acceptors (Lipinski definition) is 3. The van der Waals surface area contributed by atoms with E-state index in [4.69, 9.17) is 4.42 Å². The Morgan fingerprint density at radius 2 is 1.79 bits per heavy atom. The molecule has 0 radical (unpaired) electrons. The number of aromatic nitrogens is 1. The molecule has 6 heteroatoms. The van der Waals surface area contributed by atoms with E-state index in [1.807, 2.05) is 36.9 Å². The van der Waals surface area contributed by atoms with E-state index in [1.54, 1.807) is 6.26 Å². The summed E-state index contributed by atoms with van der Waals surface area (Å²) in [6.45, 7) is 9.98. The van der Waals surface area contributed by atoms with Gasteiger partial charge in [-0.25, -0.2) is 0 Å². The normalized spacial score (nSPS) is 14.6. The van der Waals surface area contributed by atoms with Crippen LogP contribution >= 0.6 is 0 Å². The first-order valence-corrected chi connectivity index (χ1v) is 11.7. The quantitative estimate of drug-likeness (QED) is 0.580. The van der Waals surface area contributed by atoms with Crippen molar-refractivity contribution in [2.45, 2.75) is 53.0 Å². The van der Waals surface area contributed by atoms with Crippen molar-refractivity contribution in [3.05, 3.63) is 77.0 Å². The smallest absolute Gasteiger partial charge is 0.255 e. The number of carbonyl (C=O) groups is 2. The van der Waals surface area contributed by atoms with Crippen LogP contribution in [0, 0.1) is 19.8 Å². The lowest BCUT2D eigenvalue weighted by Crippen LogP contribution is -2.43. The second kappa shape index (κ2) is 9.69. The summed E-state index contributed by atoms with van der Waals surface area (Å²) in [5.41, 5.74) is 5.10. The summed E-state index contributed by atoms with van der Waals surface area (Å²) in [4.78, 5) is 27.7. The summed E-state index contributed by atoms with van der Waals surface area (Å²) >= 11 is 0. The summed E-state index contributed by atoms with van der Waals surface area (Å²) in [5.74, 6) is 1.23. The molecule has 1 aliphatic heterocycles. The summed E-state index contributed by atoms with van der Waals surface area (Å²) < 4.78 is 7.42. The van der Waals surface area contributed by atoms with Crippen molar-refractivity contribution < 1.29 is 14.0 Å². The number of furan rings is 1. The molecule has 0 aliphatic carbocycles. The van der Waals surface area contributed by atoms with Crippen molar-refractivity contribution in [1.29, 1.82) is 0 Å².